The van der Waals surface area contributed by atoms with Crippen molar-refractivity contribution in [2.75, 3.05) is 4.90 Å². The number of aromatic nitrogens is 2. The first-order valence-corrected chi connectivity index (χ1v) is 13.1. The number of hydrogen-bond donors (Lipinski definition) is 0. The molecule has 0 saturated carbocycles. The van der Waals surface area contributed by atoms with Gasteiger partial charge in [-0.1, -0.05) is 60.7 Å². The van der Waals surface area contributed by atoms with Gasteiger partial charge in [-0.3, -0.25) is 4.98 Å². The van der Waals surface area contributed by atoms with Crippen LogP contribution in [0, 0.1) is 13.8 Å². The second-order valence-corrected chi connectivity index (χ2v) is 10.3. The van der Waals surface area contributed by atoms with Gasteiger partial charge < -0.3 is 9.47 Å². The van der Waals surface area contributed by atoms with E-state index in [9.17, 15) is 0 Å². The van der Waals surface area contributed by atoms with Crippen LogP contribution in [0.4, 0.5) is 17.1 Å². The van der Waals surface area contributed by atoms with Crippen LogP contribution < -0.4 is 4.90 Å². The quantitative estimate of drug-likeness (QED) is 0.242. The van der Waals surface area contributed by atoms with Crippen molar-refractivity contribution in [2.24, 2.45) is 0 Å². The van der Waals surface area contributed by atoms with E-state index in [0.29, 0.717) is 0 Å². The topological polar surface area (TPSA) is 21.1 Å². The molecule has 5 aromatic carbocycles. The molecule has 0 radical (unpaired) electrons. The molecule has 1 aliphatic rings. The largest absolute Gasteiger partial charge is 0.309 e. The summed E-state index contributed by atoms with van der Waals surface area (Å²) in [6, 6.07) is 37.7. The van der Waals surface area contributed by atoms with E-state index in [1.165, 1.54) is 71.9 Å². The number of aryl methyl sites for hydroxylation is 2. The molecule has 0 saturated heterocycles. The molecule has 2 aromatic heterocycles. The van der Waals surface area contributed by atoms with E-state index in [1.807, 2.05) is 18.5 Å². The van der Waals surface area contributed by atoms with Crippen LogP contribution in [0.1, 0.15) is 11.1 Å². The van der Waals surface area contributed by atoms with Crippen LogP contribution >= 0.6 is 0 Å². The minimum absolute atomic E-state index is 1.06. The summed E-state index contributed by atoms with van der Waals surface area (Å²) >= 11 is 0. The Hall–Kier alpha value is -4.89. The number of nitrogens with zero attached hydrogens (tertiary/aromatic N) is 3. The van der Waals surface area contributed by atoms with Gasteiger partial charge in [0.25, 0.3) is 0 Å². The van der Waals surface area contributed by atoms with Crippen molar-refractivity contribution < 1.29 is 0 Å². The van der Waals surface area contributed by atoms with Crippen molar-refractivity contribution in [3.05, 3.63) is 127 Å². The molecule has 0 bridgehead atoms. The molecular formula is C35H25N3. The Labute approximate surface area is 221 Å². The van der Waals surface area contributed by atoms with E-state index in [2.05, 4.69) is 125 Å². The highest BCUT2D eigenvalue weighted by molar-refractivity contribution is 6.24. The predicted octanol–water partition coefficient (Wildman–Crippen LogP) is 9.40. The predicted molar refractivity (Wildman–Crippen MR) is 159 cm³/mol. The lowest BCUT2D eigenvalue weighted by atomic mass is 9.89. The second-order valence-electron chi connectivity index (χ2n) is 10.3. The molecule has 0 amide bonds. The maximum Gasteiger partial charge on any atom is 0.0645 e. The van der Waals surface area contributed by atoms with E-state index in [-0.39, 0.29) is 0 Å². The molecule has 38 heavy (non-hydrogen) atoms. The molecule has 0 N–H and O–H groups in total. The van der Waals surface area contributed by atoms with Gasteiger partial charge in [-0.2, -0.15) is 0 Å². The molecule has 0 fully saturated rings. The zero-order valence-electron chi connectivity index (χ0n) is 21.3. The van der Waals surface area contributed by atoms with E-state index in [0.717, 1.165) is 5.69 Å². The van der Waals surface area contributed by atoms with Gasteiger partial charge in [-0.05, 0) is 78.4 Å². The van der Waals surface area contributed by atoms with Crippen molar-refractivity contribution in [2.45, 2.75) is 13.8 Å². The number of para-hydroxylation sites is 1. The summed E-state index contributed by atoms with van der Waals surface area (Å²) in [5.41, 5.74) is 12.1. The fraction of sp³-hybridized carbons (Fsp3) is 0.0571. The lowest BCUT2D eigenvalue weighted by molar-refractivity contribution is 1.16. The first-order valence-electron chi connectivity index (χ1n) is 13.1. The van der Waals surface area contributed by atoms with Crippen molar-refractivity contribution in [3.63, 3.8) is 0 Å². The first-order chi connectivity index (χ1) is 18.7. The maximum atomic E-state index is 4.52. The van der Waals surface area contributed by atoms with E-state index >= 15 is 0 Å². The molecule has 7 aromatic rings. The summed E-state index contributed by atoms with van der Waals surface area (Å²) in [4.78, 5) is 6.94. The van der Waals surface area contributed by atoms with Crippen LogP contribution in [0.3, 0.4) is 0 Å². The standard InChI is InChI=1S/C35H25N3/c1-22-18-23(2)20-26(19-22)37-30-13-4-3-11-29(30)34-32(37)16-15-28-27-12-5-8-24-9-6-14-31(33(24)27)38(35(28)34)25-10-7-17-36-21-25/h3-21H,1-2H3. The third-order valence-electron chi connectivity index (χ3n) is 7.82. The lowest BCUT2D eigenvalue weighted by Gasteiger charge is -2.34. The Morgan fingerprint density at radius 1 is 0.605 bits per heavy atom. The lowest BCUT2D eigenvalue weighted by Crippen LogP contribution is -2.15. The smallest absolute Gasteiger partial charge is 0.0645 e. The fourth-order valence-electron chi connectivity index (χ4n) is 6.46. The normalized spacial score (nSPS) is 12.4. The van der Waals surface area contributed by atoms with Gasteiger partial charge in [0.05, 0.1) is 34.3 Å². The Morgan fingerprint density at radius 2 is 1.42 bits per heavy atom. The second kappa shape index (κ2) is 7.80. The van der Waals surface area contributed by atoms with Crippen molar-refractivity contribution in [3.8, 4) is 16.8 Å². The Kier molecular flexibility index (Phi) is 4.36. The number of benzene rings is 5. The number of pyridine rings is 1. The van der Waals surface area contributed by atoms with Gasteiger partial charge in [-0.15, -0.1) is 0 Å². The fourth-order valence-corrected chi connectivity index (χ4v) is 6.46. The average molecular weight is 488 g/mol. The van der Waals surface area contributed by atoms with Gasteiger partial charge in [0, 0.05) is 33.6 Å². The molecule has 3 nitrogen and oxygen atoms in total. The van der Waals surface area contributed by atoms with Gasteiger partial charge in [0.2, 0.25) is 0 Å². The molecule has 0 aliphatic carbocycles. The molecule has 8 rings (SSSR count). The van der Waals surface area contributed by atoms with Crippen LogP contribution in [0.15, 0.2) is 116 Å². The Morgan fingerprint density at radius 3 is 2.24 bits per heavy atom. The third kappa shape index (κ3) is 2.87. The molecule has 180 valence electrons. The minimum atomic E-state index is 1.06. The Bertz CT molecular complexity index is 2020. The van der Waals surface area contributed by atoms with E-state index in [1.54, 1.807) is 0 Å². The molecule has 0 atom stereocenters. The zero-order valence-corrected chi connectivity index (χ0v) is 21.3. The summed E-state index contributed by atoms with van der Waals surface area (Å²) < 4.78 is 2.42. The van der Waals surface area contributed by atoms with Crippen LogP contribution in [0.2, 0.25) is 0 Å². The van der Waals surface area contributed by atoms with Crippen LogP contribution in [-0.2, 0) is 0 Å². The van der Waals surface area contributed by atoms with E-state index in [4.69, 9.17) is 0 Å². The minimum Gasteiger partial charge on any atom is -0.309 e. The monoisotopic (exact) mass is 487 g/mol. The molecular weight excluding hydrogens is 462 g/mol. The molecule has 0 unspecified atom stereocenters. The van der Waals surface area contributed by atoms with Crippen molar-refractivity contribution >= 4 is 49.6 Å². The first kappa shape index (κ1) is 21.2. The van der Waals surface area contributed by atoms with Crippen LogP contribution in [-0.4, -0.2) is 9.55 Å². The van der Waals surface area contributed by atoms with Crippen LogP contribution in [0.5, 0.6) is 0 Å². The molecule has 3 heteroatoms. The summed E-state index contributed by atoms with van der Waals surface area (Å²) in [7, 11) is 0. The summed E-state index contributed by atoms with van der Waals surface area (Å²) in [6.45, 7) is 4.35. The highest BCUT2D eigenvalue weighted by atomic mass is 15.2. The van der Waals surface area contributed by atoms with E-state index < -0.39 is 0 Å². The molecule has 0 spiro atoms. The highest BCUT2D eigenvalue weighted by Crippen LogP contribution is 2.54. The van der Waals surface area contributed by atoms with Gasteiger partial charge in [0.15, 0.2) is 0 Å². The Balaban J connectivity index is 1.58. The van der Waals surface area contributed by atoms with Gasteiger partial charge >= 0.3 is 0 Å². The SMILES string of the molecule is Cc1cc(C)cc(-n2c3ccccc3c3c4c(ccc32)-c2cccc3cccc(c23)N4c2cccnc2)c1. The number of hydrogen-bond acceptors (Lipinski definition) is 2. The van der Waals surface area contributed by atoms with Crippen LogP contribution in [0.25, 0.3) is 49.4 Å². The highest BCUT2D eigenvalue weighted by Gasteiger charge is 2.30. The number of fused-ring (bicyclic) bond motifs is 6. The van der Waals surface area contributed by atoms with Gasteiger partial charge in [-0.25, -0.2) is 0 Å². The summed E-state index contributed by atoms with van der Waals surface area (Å²) in [5.74, 6) is 0. The zero-order chi connectivity index (χ0) is 25.4. The maximum absolute atomic E-state index is 4.52. The average Bonchev–Trinajstić information content (AvgIpc) is 3.28. The van der Waals surface area contributed by atoms with Crippen molar-refractivity contribution in [1.82, 2.24) is 9.55 Å². The van der Waals surface area contributed by atoms with Crippen molar-refractivity contribution in [1.29, 1.82) is 0 Å². The summed E-state index contributed by atoms with van der Waals surface area (Å²) in [6.07, 6.45) is 3.81. The van der Waals surface area contributed by atoms with Gasteiger partial charge in [0.1, 0.15) is 0 Å². The third-order valence-corrected chi connectivity index (χ3v) is 7.82. The summed E-state index contributed by atoms with van der Waals surface area (Å²) in [5, 5.41) is 5.03. The number of rotatable bonds is 2. The molecule has 1 aliphatic heterocycles. The number of anilines is 3. The molecule has 3 heterocycles.